The monoisotopic (exact) mass is 319 g/mol. The molecule has 1 aromatic carbocycles. The Hall–Kier alpha value is -2.27. The van der Waals surface area contributed by atoms with Crippen LogP contribution in [0.2, 0.25) is 0 Å². The average molecular weight is 320 g/mol. The van der Waals surface area contributed by atoms with Gasteiger partial charge in [-0.2, -0.15) is 18.4 Å². The molecule has 0 radical (unpaired) electrons. The van der Waals surface area contributed by atoms with Gasteiger partial charge in [-0.05, 0) is 18.2 Å². The van der Waals surface area contributed by atoms with E-state index in [9.17, 15) is 22.8 Å². The Labute approximate surface area is 122 Å². The zero-order valence-electron chi connectivity index (χ0n) is 10.4. The van der Waals surface area contributed by atoms with Gasteiger partial charge in [0.15, 0.2) is 0 Å². The summed E-state index contributed by atoms with van der Waals surface area (Å²) >= 11 is 5.30. The summed E-state index contributed by atoms with van der Waals surface area (Å²) in [6, 6.07) is 3.10. The highest BCUT2D eigenvalue weighted by Crippen LogP contribution is 2.33. The maximum Gasteiger partial charge on any atom is 0.417 e. The Morgan fingerprint density at radius 2 is 2.00 bits per heavy atom. The van der Waals surface area contributed by atoms with Gasteiger partial charge in [0.25, 0.3) is 0 Å². The SMILES string of the molecule is N#Cc1ccc(NC(=O)NC(=O)CCCl)cc1C(F)(F)F. The number of anilines is 1. The van der Waals surface area contributed by atoms with Gasteiger partial charge in [-0.25, -0.2) is 4.79 Å². The fourth-order valence-electron chi connectivity index (χ4n) is 1.39. The molecule has 0 spiro atoms. The molecule has 0 fully saturated rings. The summed E-state index contributed by atoms with van der Waals surface area (Å²) in [6.45, 7) is 0. The Bertz CT molecular complexity index is 596. The Balaban J connectivity index is 2.89. The average Bonchev–Trinajstić information content (AvgIpc) is 2.37. The fourth-order valence-corrected chi connectivity index (χ4v) is 1.56. The number of nitrogens with one attached hydrogen (secondary N) is 2. The second-order valence-electron chi connectivity index (χ2n) is 3.81. The lowest BCUT2D eigenvalue weighted by Crippen LogP contribution is -2.34. The molecule has 112 valence electrons. The lowest BCUT2D eigenvalue weighted by atomic mass is 10.1. The van der Waals surface area contributed by atoms with E-state index in [1.54, 1.807) is 0 Å². The quantitative estimate of drug-likeness (QED) is 0.840. The van der Waals surface area contributed by atoms with Crippen LogP contribution < -0.4 is 10.6 Å². The second-order valence-corrected chi connectivity index (χ2v) is 4.19. The molecule has 0 aliphatic rings. The molecule has 3 amide bonds. The number of nitriles is 1. The predicted molar refractivity (Wildman–Crippen MR) is 68.7 cm³/mol. The lowest BCUT2D eigenvalue weighted by molar-refractivity contribution is -0.137. The molecule has 0 unspecified atom stereocenters. The number of hydrogen-bond acceptors (Lipinski definition) is 3. The summed E-state index contributed by atoms with van der Waals surface area (Å²) in [5, 5.41) is 12.6. The van der Waals surface area contributed by atoms with Crippen LogP contribution >= 0.6 is 11.6 Å². The molecular formula is C12H9ClF3N3O2. The first-order valence-corrected chi connectivity index (χ1v) is 6.09. The molecule has 0 saturated carbocycles. The molecule has 0 atom stereocenters. The number of rotatable bonds is 3. The van der Waals surface area contributed by atoms with Crippen molar-refractivity contribution in [3.05, 3.63) is 29.3 Å². The minimum atomic E-state index is -4.73. The van der Waals surface area contributed by atoms with Crippen LogP contribution in [0.5, 0.6) is 0 Å². The van der Waals surface area contributed by atoms with Crippen molar-refractivity contribution in [3.63, 3.8) is 0 Å². The molecule has 0 aliphatic carbocycles. The van der Waals surface area contributed by atoms with Crippen LogP contribution in [-0.2, 0) is 11.0 Å². The first-order valence-electron chi connectivity index (χ1n) is 5.56. The van der Waals surface area contributed by atoms with E-state index in [0.717, 1.165) is 12.1 Å². The van der Waals surface area contributed by atoms with Crippen molar-refractivity contribution in [2.24, 2.45) is 0 Å². The van der Waals surface area contributed by atoms with E-state index in [4.69, 9.17) is 16.9 Å². The van der Waals surface area contributed by atoms with Gasteiger partial charge in [0.05, 0.1) is 17.2 Å². The van der Waals surface area contributed by atoms with Gasteiger partial charge >= 0.3 is 12.2 Å². The van der Waals surface area contributed by atoms with E-state index in [1.165, 1.54) is 6.07 Å². The van der Waals surface area contributed by atoms with Crippen LogP contribution in [0.4, 0.5) is 23.7 Å². The lowest BCUT2D eigenvalue weighted by Gasteiger charge is -2.11. The van der Waals surface area contributed by atoms with E-state index in [-0.39, 0.29) is 18.0 Å². The van der Waals surface area contributed by atoms with Crippen LogP contribution in [0.15, 0.2) is 18.2 Å². The molecule has 2 N–H and O–H groups in total. The first-order chi connectivity index (χ1) is 9.77. The number of imide groups is 1. The third kappa shape index (κ3) is 4.96. The Morgan fingerprint density at radius 3 is 2.52 bits per heavy atom. The van der Waals surface area contributed by atoms with Gasteiger partial charge in [0, 0.05) is 18.0 Å². The number of halogens is 4. The highest BCUT2D eigenvalue weighted by Gasteiger charge is 2.33. The van der Waals surface area contributed by atoms with Gasteiger partial charge in [0.2, 0.25) is 5.91 Å². The third-order valence-corrected chi connectivity index (χ3v) is 2.47. The molecule has 21 heavy (non-hydrogen) atoms. The summed E-state index contributed by atoms with van der Waals surface area (Å²) in [5.74, 6) is -0.652. The number of benzene rings is 1. The van der Waals surface area contributed by atoms with E-state index in [2.05, 4.69) is 5.32 Å². The maximum atomic E-state index is 12.7. The molecule has 9 heteroatoms. The number of hydrogen-bond donors (Lipinski definition) is 2. The van der Waals surface area contributed by atoms with Crippen LogP contribution in [0.3, 0.4) is 0 Å². The van der Waals surface area contributed by atoms with Gasteiger partial charge in [-0.1, -0.05) is 0 Å². The smallest absolute Gasteiger partial charge is 0.308 e. The van der Waals surface area contributed by atoms with Crippen molar-refractivity contribution >= 4 is 29.2 Å². The molecule has 1 rings (SSSR count). The highest BCUT2D eigenvalue weighted by molar-refractivity contribution is 6.19. The van der Waals surface area contributed by atoms with Crippen molar-refractivity contribution in [3.8, 4) is 6.07 Å². The topological polar surface area (TPSA) is 82.0 Å². The molecule has 0 bridgehead atoms. The summed E-state index contributed by atoms with van der Waals surface area (Å²) in [7, 11) is 0. The van der Waals surface area contributed by atoms with Gasteiger partial charge in [0.1, 0.15) is 0 Å². The number of alkyl halides is 4. The van der Waals surface area contributed by atoms with E-state index in [1.807, 2.05) is 5.32 Å². The number of carbonyl (C=O) groups excluding carboxylic acids is 2. The van der Waals surface area contributed by atoms with Gasteiger partial charge in [-0.15, -0.1) is 11.6 Å². The molecular weight excluding hydrogens is 311 g/mol. The number of carbonyl (C=O) groups is 2. The van der Waals surface area contributed by atoms with Crippen LogP contribution in [0, 0.1) is 11.3 Å². The molecule has 0 aliphatic heterocycles. The van der Waals surface area contributed by atoms with Crippen molar-refractivity contribution in [2.75, 3.05) is 11.2 Å². The van der Waals surface area contributed by atoms with E-state index >= 15 is 0 Å². The molecule has 5 nitrogen and oxygen atoms in total. The number of nitrogens with zero attached hydrogens (tertiary/aromatic N) is 1. The normalized spacial score (nSPS) is 10.6. The van der Waals surface area contributed by atoms with Crippen LogP contribution in [-0.4, -0.2) is 17.8 Å². The molecule has 0 heterocycles. The molecule has 1 aromatic rings. The summed E-state index contributed by atoms with van der Waals surface area (Å²) in [6.07, 6.45) is -4.83. The van der Waals surface area contributed by atoms with E-state index < -0.39 is 29.2 Å². The van der Waals surface area contributed by atoms with Gasteiger partial charge in [-0.3, -0.25) is 10.1 Å². The highest BCUT2D eigenvalue weighted by atomic mass is 35.5. The molecule has 0 saturated heterocycles. The largest absolute Gasteiger partial charge is 0.417 e. The first kappa shape index (κ1) is 16.8. The molecule has 0 aromatic heterocycles. The minimum Gasteiger partial charge on any atom is -0.308 e. The fraction of sp³-hybridized carbons (Fsp3) is 0.250. The third-order valence-electron chi connectivity index (χ3n) is 2.28. The van der Waals surface area contributed by atoms with Crippen molar-refractivity contribution in [1.29, 1.82) is 5.26 Å². The minimum absolute atomic E-state index is 0.00814. The Morgan fingerprint density at radius 1 is 1.33 bits per heavy atom. The Kier molecular flexibility index (Phi) is 5.55. The number of amides is 3. The van der Waals surface area contributed by atoms with Crippen molar-refractivity contribution < 1.29 is 22.8 Å². The summed E-state index contributed by atoms with van der Waals surface area (Å²) in [4.78, 5) is 22.5. The van der Waals surface area contributed by atoms with Crippen molar-refractivity contribution in [1.82, 2.24) is 5.32 Å². The summed E-state index contributed by atoms with van der Waals surface area (Å²) < 4.78 is 38.1. The van der Waals surface area contributed by atoms with Crippen LogP contribution in [0.1, 0.15) is 17.5 Å². The zero-order chi connectivity index (χ0) is 16.0. The summed E-state index contributed by atoms with van der Waals surface area (Å²) in [5.41, 5.74) is -1.93. The van der Waals surface area contributed by atoms with Gasteiger partial charge < -0.3 is 5.32 Å². The van der Waals surface area contributed by atoms with Crippen molar-refractivity contribution in [2.45, 2.75) is 12.6 Å². The maximum absolute atomic E-state index is 12.7. The second kappa shape index (κ2) is 6.95. The van der Waals surface area contributed by atoms with E-state index in [0.29, 0.717) is 6.07 Å². The predicted octanol–water partition coefficient (Wildman–Crippen LogP) is 2.85. The van der Waals surface area contributed by atoms with Crippen LogP contribution in [0.25, 0.3) is 0 Å². The standard InChI is InChI=1S/C12H9ClF3N3O2/c13-4-3-10(20)19-11(21)18-8-2-1-7(6-17)9(5-8)12(14,15)16/h1-2,5H,3-4H2,(H2,18,19,20,21). The zero-order valence-corrected chi connectivity index (χ0v) is 11.2. The number of urea groups is 1.